The second-order valence-electron chi connectivity index (χ2n) is 4.85. The highest BCUT2D eigenvalue weighted by atomic mass is 35.5. The summed E-state index contributed by atoms with van der Waals surface area (Å²) in [6.45, 7) is 1.54. The average Bonchev–Trinajstić information content (AvgIpc) is 2.84. The van der Waals surface area contributed by atoms with E-state index in [-0.39, 0.29) is 12.4 Å². The molecule has 4 nitrogen and oxygen atoms in total. The van der Waals surface area contributed by atoms with Crippen molar-refractivity contribution in [2.75, 3.05) is 14.1 Å². The van der Waals surface area contributed by atoms with Gasteiger partial charge in [0.05, 0.1) is 6.54 Å². The van der Waals surface area contributed by atoms with Crippen molar-refractivity contribution < 1.29 is 9.15 Å². The van der Waals surface area contributed by atoms with Crippen LogP contribution in [0, 0.1) is 0 Å². The number of nitrogens with zero attached hydrogens (tertiary/aromatic N) is 1. The summed E-state index contributed by atoms with van der Waals surface area (Å²) in [4.78, 5) is 2.05. The van der Waals surface area contributed by atoms with E-state index in [9.17, 15) is 0 Å². The molecule has 0 spiro atoms. The zero-order chi connectivity index (χ0) is 14.5. The number of ether oxygens (including phenoxy) is 1. The summed E-state index contributed by atoms with van der Waals surface area (Å²) >= 11 is 5.93. The lowest BCUT2D eigenvalue weighted by Gasteiger charge is -2.10. The number of halogens is 2. The average molecular weight is 331 g/mol. The van der Waals surface area contributed by atoms with Gasteiger partial charge < -0.3 is 19.8 Å². The normalized spacial score (nSPS) is 10.5. The van der Waals surface area contributed by atoms with Gasteiger partial charge in [0.2, 0.25) is 0 Å². The van der Waals surface area contributed by atoms with Crippen molar-refractivity contribution in [1.82, 2.24) is 4.90 Å². The second kappa shape index (κ2) is 8.29. The van der Waals surface area contributed by atoms with Gasteiger partial charge in [-0.3, -0.25) is 0 Å². The molecule has 2 aromatic rings. The predicted octanol–water partition coefficient (Wildman–Crippen LogP) is 3.45. The van der Waals surface area contributed by atoms with Crippen LogP contribution in [0.2, 0.25) is 5.02 Å². The minimum absolute atomic E-state index is 0. The van der Waals surface area contributed by atoms with Crippen LogP contribution in [0.3, 0.4) is 0 Å². The Morgan fingerprint density at radius 1 is 1.19 bits per heavy atom. The zero-order valence-electron chi connectivity index (χ0n) is 12.1. The van der Waals surface area contributed by atoms with E-state index in [1.165, 1.54) is 0 Å². The molecule has 1 aromatic carbocycles. The van der Waals surface area contributed by atoms with Crippen molar-refractivity contribution in [3.8, 4) is 5.75 Å². The summed E-state index contributed by atoms with van der Waals surface area (Å²) in [5, 5.41) is 0.657. The molecule has 0 radical (unpaired) electrons. The lowest BCUT2D eigenvalue weighted by Crippen LogP contribution is -2.09. The highest BCUT2D eigenvalue weighted by Gasteiger charge is 2.07. The van der Waals surface area contributed by atoms with E-state index in [0.29, 0.717) is 18.2 Å². The molecule has 0 fully saturated rings. The summed E-state index contributed by atoms with van der Waals surface area (Å²) in [7, 11) is 4.00. The molecule has 1 heterocycles. The molecule has 6 heteroatoms. The minimum Gasteiger partial charge on any atom is -0.485 e. The molecule has 0 aliphatic rings. The van der Waals surface area contributed by atoms with Gasteiger partial charge in [-0.1, -0.05) is 11.6 Å². The Bertz CT molecular complexity index is 571. The van der Waals surface area contributed by atoms with E-state index in [4.69, 9.17) is 26.5 Å². The molecule has 2 N–H and O–H groups in total. The molecule has 0 atom stereocenters. The van der Waals surface area contributed by atoms with E-state index in [0.717, 1.165) is 29.4 Å². The maximum Gasteiger partial charge on any atom is 0.146 e. The van der Waals surface area contributed by atoms with Crippen LogP contribution >= 0.6 is 24.0 Å². The number of nitrogens with two attached hydrogens (primary N) is 1. The highest BCUT2D eigenvalue weighted by Crippen LogP contribution is 2.23. The van der Waals surface area contributed by atoms with Crippen LogP contribution in [0.5, 0.6) is 5.75 Å². The van der Waals surface area contributed by atoms with Gasteiger partial charge in [0.1, 0.15) is 23.9 Å². The monoisotopic (exact) mass is 330 g/mol. The smallest absolute Gasteiger partial charge is 0.146 e. The Morgan fingerprint density at radius 2 is 1.90 bits per heavy atom. The standard InChI is InChI=1S/C15H19ClN2O2.ClH/c1-18(2)9-13-4-5-14(20-13)10-19-15-6-3-12(16)7-11(15)8-17;/h3-7H,8-10,17H2,1-2H3;1H. The lowest BCUT2D eigenvalue weighted by atomic mass is 10.2. The fourth-order valence-electron chi connectivity index (χ4n) is 1.89. The fraction of sp³-hybridized carbons (Fsp3) is 0.333. The topological polar surface area (TPSA) is 51.6 Å². The zero-order valence-corrected chi connectivity index (χ0v) is 13.7. The minimum atomic E-state index is 0. The van der Waals surface area contributed by atoms with E-state index < -0.39 is 0 Å². The molecule has 116 valence electrons. The van der Waals surface area contributed by atoms with Crippen LogP contribution in [0.4, 0.5) is 0 Å². The largest absolute Gasteiger partial charge is 0.485 e. The van der Waals surface area contributed by atoms with Gasteiger partial charge in [0.25, 0.3) is 0 Å². The van der Waals surface area contributed by atoms with E-state index in [1.54, 1.807) is 6.07 Å². The van der Waals surface area contributed by atoms with Crippen molar-refractivity contribution in [1.29, 1.82) is 0 Å². The highest BCUT2D eigenvalue weighted by molar-refractivity contribution is 6.30. The molecule has 0 saturated carbocycles. The molecule has 0 aliphatic carbocycles. The predicted molar refractivity (Wildman–Crippen MR) is 87.0 cm³/mol. The van der Waals surface area contributed by atoms with Crippen molar-refractivity contribution >= 4 is 24.0 Å². The summed E-state index contributed by atoms with van der Waals surface area (Å²) in [5.74, 6) is 2.45. The molecule has 0 bridgehead atoms. The quantitative estimate of drug-likeness (QED) is 0.881. The number of furan rings is 1. The van der Waals surface area contributed by atoms with Gasteiger partial charge in [-0.05, 0) is 44.4 Å². The molecule has 2 rings (SSSR count). The van der Waals surface area contributed by atoms with Crippen molar-refractivity contribution in [2.24, 2.45) is 5.73 Å². The van der Waals surface area contributed by atoms with Crippen LogP contribution in [-0.2, 0) is 19.7 Å². The molecule has 0 amide bonds. The Labute approximate surface area is 136 Å². The number of hydrogen-bond donors (Lipinski definition) is 1. The molecular weight excluding hydrogens is 311 g/mol. The van der Waals surface area contributed by atoms with Gasteiger partial charge in [-0.15, -0.1) is 12.4 Å². The first-order chi connectivity index (χ1) is 9.58. The number of rotatable bonds is 6. The van der Waals surface area contributed by atoms with E-state index >= 15 is 0 Å². The van der Waals surface area contributed by atoms with Crippen molar-refractivity contribution in [3.63, 3.8) is 0 Å². The maximum atomic E-state index is 5.93. The summed E-state index contributed by atoms with van der Waals surface area (Å²) in [6, 6.07) is 9.32. The second-order valence-corrected chi connectivity index (χ2v) is 5.29. The van der Waals surface area contributed by atoms with Crippen molar-refractivity contribution in [2.45, 2.75) is 19.7 Å². The van der Waals surface area contributed by atoms with Crippen LogP contribution in [0.1, 0.15) is 17.1 Å². The fourth-order valence-corrected chi connectivity index (χ4v) is 2.09. The first-order valence-electron chi connectivity index (χ1n) is 6.42. The number of benzene rings is 1. The van der Waals surface area contributed by atoms with E-state index in [1.807, 2.05) is 38.4 Å². The maximum absolute atomic E-state index is 5.93. The summed E-state index contributed by atoms with van der Waals surface area (Å²) in [5.41, 5.74) is 6.57. The molecule has 21 heavy (non-hydrogen) atoms. The van der Waals surface area contributed by atoms with Gasteiger partial charge in [0.15, 0.2) is 0 Å². The van der Waals surface area contributed by atoms with Gasteiger partial charge >= 0.3 is 0 Å². The third kappa shape index (κ3) is 5.25. The lowest BCUT2D eigenvalue weighted by molar-refractivity contribution is 0.256. The first-order valence-corrected chi connectivity index (χ1v) is 6.80. The Morgan fingerprint density at radius 3 is 2.57 bits per heavy atom. The van der Waals surface area contributed by atoms with Crippen LogP contribution in [-0.4, -0.2) is 19.0 Å². The molecule has 0 saturated heterocycles. The van der Waals surface area contributed by atoms with Crippen LogP contribution in [0.25, 0.3) is 0 Å². The van der Waals surface area contributed by atoms with Gasteiger partial charge in [-0.25, -0.2) is 0 Å². The van der Waals surface area contributed by atoms with Gasteiger partial charge in [-0.2, -0.15) is 0 Å². The van der Waals surface area contributed by atoms with Gasteiger partial charge in [0, 0.05) is 17.1 Å². The summed E-state index contributed by atoms with van der Waals surface area (Å²) < 4.78 is 11.4. The number of hydrogen-bond acceptors (Lipinski definition) is 4. The SMILES string of the molecule is CN(C)Cc1ccc(COc2ccc(Cl)cc2CN)o1.Cl. The Kier molecular flexibility index (Phi) is 7.05. The molecular formula is C15H20Cl2N2O2. The summed E-state index contributed by atoms with van der Waals surface area (Å²) in [6.07, 6.45) is 0. The van der Waals surface area contributed by atoms with Crippen LogP contribution < -0.4 is 10.5 Å². The third-order valence-electron chi connectivity index (χ3n) is 2.80. The molecule has 0 aliphatic heterocycles. The first kappa shape index (κ1) is 17.9. The van der Waals surface area contributed by atoms with Crippen LogP contribution in [0.15, 0.2) is 34.7 Å². The Hall–Kier alpha value is -1.20. The van der Waals surface area contributed by atoms with E-state index in [2.05, 4.69) is 4.90 Å². The third-order valence-corrected chi connectivity index (χ3v) is 3.04. The van der Waals surface area contributed by atoms with Crippen molar-refractivity contribution in [3.05, 3.63) is 52.4 Å². The Balaban J connectivity index is 0.00000220. The molecule has 1 aromatic heterocycles. The molecule has 0 unspecified atom stereocenters.